The second-order valence-electron chi connectivity index (χ2n) is 6.51. The molecule has 0 bridgehead atoms. The number of hydrogen-bond acceptors (Lipinski definition) is 2. The lowest BCUT2D eigenvalue weighted by Gasteiger charge is -2.14. The van der Waals surface area contributed by atoms with Gasteiger partial charge in [-0.15, -0.1) is 0 Å². The SMILES string of the molecule is CCNC(=NCC(C)c1ccc(C)cc1)NCCc1ccncc1C. The van der Waals surface area contributed by atoms with E-state index in [2.05, 4.69) is 73.6 Å². The minimum atomic E-state index is 0.401. The minimum Gasteiger partial charge on any atom is -0.357 e. The lowest BCUT2D eigenvalue weighted by molar-refractivity contribution is 0.745. The van der Waals surface area contributed by atoms with Crippen LogP contribution in [0.4, 0.5) is 0 Å². The maximum atomic E-state index is 4.75. The minimum absolute atomic E-state index is 0.401. The largest absolute Gasteiger partial charge is 0.357 e. The van der Waals surface area contributed by atoms with Gasteiger partial charge in [0, 0.05) is 37.9 Å². The van der Waals surface area contributed by atoms with E-state index in [1.54, 1.807) is 0 Å². The maximum Gasteiger partial charge on any atom is 0.191 e. The first-order valence-electron chi connectivity index (χ1n) is 9.08. The van der Waals surface area contributed by atoms with E-state index in [1.807, 2.05) is 12.4 Å². The summed E-state index contributed by atoms with van der Waals surface area (Å²) < 4.78 is 0. The van der Waals surface area contributed by atoms with Crippen LogP contribution in [0.2, 0.25) is 0 Å². The molecule has 0 fully saturated rings. The summed E-state index contributed by atoms with van der Waals surface area (Å²) in [5.41, 5.74) is 5.18. The molecule has 0 spiro atoms. The van der Waals surface area contributed by atoms with Crippen molar-refractivity contribution in [3.05, 3.63) is 65.0 Å². The van der Waals surface area contributed by atoms with E-state index in [9.17, 15) is 0 Å². The van der Waals surface area contributed by atoms with Gasteiger partial charge in [-0.2, -0.15) is 0 Å². The Balaban J connectivity index is 1.89. The number of nitrogens with one attached hydrogen (secondary N) is 2. The first-order chi connectivity index (χ1) is 12.1. The fourth-order valence-corrected chi connectivity index (χ4v) is 2.67. The summed E-state index contributed by atoms with van der Waals surface area (Å²) in [6.07, 6.45) is 4.73. The number of aromatic nitrogens is 1. The van der Waals surface area contributed by atoms with Crippen molar-refractivity contribution in [3.8, 4) is 0 Å². The molecule has 25 heavy (non-hydrogen) atoms. The molecular formula is C21H30N4. The van der Waals surface area contributed by atoms with E-state index in [4.69, 9.17) is 4.99 Å². The Hall–Kier alpha value is -2.36. The molecule has 0 amide bonds. The highest BCUT2D eigenvalue weighted by Gasteiger charge is 2.06. The van der Waals surface area contributed by atoms with Crippen molar-refractivity contribution in [2.45, 2.75) is 40.0 Å². The monoisotopic (exact) mass is 338 g/mol. The van der Waals surface area contributed by atoms with Gasteiger partial charge in [0.1, 0.15) is 0 Å². The third-order valence-electron chi connectivity index (χ3n) is 4.34. The molecule has 2 aromatic rings. The number of rotatable bonds is 7. The van der Waals surface area contributed by atoms with Crippen LogP contribution in [0.25, 0.3) is 0 Å². The highest BCUT2D eigenvalue weighted by Crippen LogP contribution is 2.15. The summed E-state index contributed by atoms with van der Waals surface area (Å²) in [4.78, 5) is 8.89. The molecule has 0 aliphatic heterocycles. The number of benzene rings is 1. The van der Waals surface area contributed by atoms with E-state index in [1.165, 1.54) is 22.3 Å². The smallest absolute Gasteiger partial charge is 0.191 e. The van der Waals surface area contributed by atoms with Crippen LogP contribution in [0.15, 0.2) is 47.7 Å². The first-order valence-corrected chi connectivity index (χ1v) is 9.08. The lowest BCUT2D eigenvalue weighted by Crippen LogP contribution is -2.38. The summed E-state index contributed by atoms with van der Waals surface area (Å²) in [5, 5.41) is 6.76. The fraction of sp³-hybridized carbons (Fsp3) is 0.429. The quantitative estimate of drug-likeness (QED) is 0.599. The maximum absolute atomic E-state index is 4.75. The van der Waals surface area contributed by atoms with E-state index in [-0.39, 0.29) is 0 Å². The van der Waals surface area contributed by atoms with Gasteiger partial charge in [-0.1, -0.05) is 36.8 Å². The van der Waals surface area contributed by atoms with Crippen molar-refractivity contribution in [1.29, 1.82) is 0 Å². The van der Waals surface area contributed by atoms with Gasteiger partial charge >= 0.3 is 0 Å². The van der Waals surface area contributed by atoms with Gasteiger partial charge in [0.15, 0.2) is 5.96 Å². The zero-order valence-corrected chi connectivity index (χ0v) is 15.8. The second-order valence-corrected chi connectivity index (χ2v) is 6.51. The van der Waals surface area contributed by atoms with Crippen molar-refractivity contribution in [1.82, 2.24) is 15.6 Å². The average Bonchev–Trinajstić information content (AvgIpc) is 2.61. The number of pyridine rings is 1. The van der Waals surface area contributed by atoms with Crippen molar-refractivity contribution < 1.29 is 0 Å². The summed E-state index contributed by atoms with van der Waals surface area (Å²) in [5.74, 6) is 1.28. The number of nitrogens with zero attached hydrogens (tertiary/aromatic N) is 2. The summed E-state index contributed by atoms with van der Waals surface area (Å²) in [6.45, 7) is 11.0. The fourth-order valence-electron chi connectivity index (χ4n) is 2.67. The van der Waals surface area contributed by atoms with Crippen LogP contribution >= 0.6 is 0 Å². The van der Waals surface area contributed by atoms with Crippen LogP contribution < -0.4 is 10.6 Å². The third-order valence-corrected chi connectivity index (χ3v) is 4.34. The zero-order chi connectivity index (χ0) is 18.1. The first kappa shape index (κ1) is 19.0. The van der Waals surface area contributed by atoms with E-state index in [0.29, 0.717) is 5.92 Å². The van der Waals surface area contributed by atoms with Crippen LogP contribution in [-0.2, 0) is 6.42 Å². The van der Waals surface area contributed by atoms with Gasteiger partial charge in [-0.25, -0.2) is 0 Å². The molecule has 0 aliphatic carbocycles. The van der Waals surface area contributed by atoms with Crippen molar-refractivity contribution >= 4 is 5.96 Å². The summed E-state index contributed by atoms with van der Waals surface area (Å²) in [6, 6.07) is 10.8. The lowest BCUT2D eigenvalue weighted by atomic mass is 10.0. The Bertz CT molecular complexity index is 677. The number of aliphatic imine (C=N–C) groups is 1. The molecule has 1 atom stereocenters. The molecule has 4 heteroatoms. The second kappa shape index (κ2) is 9.82. The molecule has 134 valence electrons. The highest BCUT2D eigenvalue weighted by atomic mass is 15.2. The Kier molecular flexibility index (Phi) is 7.45. The Morgan fingerprint density at radius 2 is 1.88 bits per heavy atom. The van der Waals surface area contributed by atoms with E-state index in [0.717, 1.165) is 32.0 Å². The van der Waals surface area contributed by atoms with Crippen molar-refractivity contribution in [3.63, 3.8) is 0 Å². The predicted octanol–water partition coefficient (Wildman–Crippen LogP) is 3.60. The van der Waals surface area contributed by atoms with E-state index >= 15 is 0 Å². The Morgan fingerprint density at radius 1 is 1.12 bits per heavy atom. The molecule has 1 aromatic heterocycles. The summed E-state index contributed by atoms with van der Waals surface area (Å²) in [7, 11) is 0. The van der Waals surface area contributed by atoms with Crippen molar-refractivity contribution in [2.24, 2.45) is 4.99 Å². The standard InChI is InChI=1S/C21H30N4/c1-5-23-21(24-13-11-20-10-12-22-14-17(20)3)25-15-18(4)19-8-6-16(2)7-9-19/h6-10,12,14,18H,5,11,13,15H2,1-4H3,(H2,23,24,25). The molecule has 0 radical (unpaired) electrons. The molecule has 0 aliphatic rings. The highest BCUT2D eigenvalue weighted by molar-refractivity contribution is 5.79. The van der Waals surface area contributed by atoms with Gasteiger partial charge in [-0.3, -0.25) is 9.98 Å². The van der Waals surface area contributed by atoms with Crippen LogP contribution in [0.3, 0.4) is 0 Å². The van der Waals surface area contributed by atoms with Crippen LogP contribution in [-0.4, -0.2) is 30.6 Å². The molecule has 4 nitrogen and oxygen atoms in total. The zero-order valence-electron chi connectivity index (χ0n) is 15.8. The normalized spacial score (nSPS) is 12.7. The van der Waals surface area contributed by atoms with E-state index < -0.39 is 0 Å². The Morgan fingerprint density at radius 3 is 2.56 bits per heavy atom. The molecule has 1 aromatic carbocycles. The van der Waals surface area contributed by atoms with Gasteiger partial charge in [-0.05, 0) is 49.9 Å². The van der Waals surface area contributed by atoms with Gasteiger partial charge in [0.25, 0.3) is 0 Å². The van der Waals surface area contributed by atoms with Gasteiger partial charge in [0.05, 0.1) is 0 Å². The van der Waals surface area contributed by atoms with Gasteiger partial charge < -0.3 is 10.6 Å². The topological polar surface area (TPSA) is 49.3 Å². The van der Waals surface area contributed by atoms with Crippen LogP contribution in [0.1, 0.15) is 42.0 Å². The molecule has 0 saturated heterocycles. The molecule has 2 N–H and O–H groups in total. The number of hydrogen-bond donors (Lipinski definition) is 2. The molecule has 1 unspecified atom stereocenters. The summed E-state index contributed by atoms with van der Waals surface area (Å²) >= 11 is 0. The van der Waals surface area contributed by atoms with Crippen LogP contribution in [0, 0.1) is 13.8 Å². The average molecular weight is 338 g/mol. The van der Waals surface area contributed by atoms with Gasteiger partial charge in [0.2, 0.25) is 0 Å². The molecular weight excluding hydrogens is 308 g/mol. The molecule has 1 heterocycles. The van der Waals surface area contributed by atoms with Crippen molar-refractivity contribution in [2.75, 3.05) is 19.6 Å². The predicted molar refractivity (Wildman–Crippen MR) is 106 cm³/mol. The number of aryl methyl sites for hydroxylation is 2. The van der Waals surface area contributed by atoms with Crippen LogP contribution in [0.5, 0.6) is 0 Å². The third kappa shape index (κ3) is 6.22. The molecule has 2 rings (SSSR count). The number of guanidine groups is 1. The Labute approximate surface area is 151 Å². The molecule has 0 saturated carbocycles.